The largest absolute Gasteiger partial charge is 0.339 e. The van der Waals surface area contributed by atoms with Crippen molar-refractivity contribution >= 4 is 49.7 Å². The maximum absolute atomic E-state index is 6.61. The average Bonchev–Trinajstić information content (AvgIpc) is 3.17. The smallest absolute Gasteiger partial charge is 0.138 e. The molecule has 0 saturated heterocycles. The van der Waals surface area contributed by atoms with Crippen molar-refractivity contribution in [3.05, 3.63) is 187 Å². The maximum atomic E-state index is 6.61. The van der Waals surface area contributed by atoms with Crippen LogP contribution >= 0.6 is 0 Å². The van der Waals surface area contributed by atoms with E-state index in [0.29, 0.717) is 0 Å². The summed E-state index contributed by atoms with van der Waals surface area (Å²) in [5.74, 6) is 0.800. The number of pyridine rings is 1. The van der Waals surface area contributed by atoms with Gasteiger partial charge in [-0.1, -0.05) is 152 Å². The van der Waals surface area contributed by atoms with Gasteiger partial charge in [0.05, 0.1) is 22.9 Å². The van der Waals surface area contributed by atoms with Gasteiger partial charge in [-0.3, -0.25) is 0 Å². The molecular weight excluding hydrogens is 597 g/mol. The Kier molecular flexibility index (Phi) is 7.07. The minimum atomic E-state index is -0.247. The number of nitrogens with two attached hydrogens (primary N) is 1. The highest BCUT2D eigenvalue weighted by Gasteiger charge is 2.19. The van der Waals surface area contributed by atoms with Crippen LogP contribution in [0.15, 0.2) is 175 Å². The van der Waals surface area contributed by atoms with E-state index in [0.717, 1.165) is 67.2 Å². The Bertz CT molecular complexity index is 2550. The van der Waals surface area contributed by atoms with Crippen molar-refractivity contribution in [2.75, 3.05) is 0 Å². The molecule has 1 aliphatic heterocycles. The zero-order valence-corrected chi connectivity index (χ0v) is 26.7. The minimum Gasteiger partial charge on any atom is -0.339 e. The lowest BCUT2D eigenvalue weighted by Gasteiger charge is -2.22. The van der Waals surface area contributed by atoms with Crippen LogP contribution in [0.1, 0.15) is 22.7 Å². The van der Waals surface area contributed by atoms with Crippen molar-refractivity contribution < 1.29 is 0 Å². The third-order valence-electron chi connectivity index (χ3n) is 9.45. The maximum Gasteiger partial charge on any atom is 0.138 e. The Morgan fingerprint density at radius 3 is 1.96 bits per heavy atom. The molecule has 4 heteroatoms. The van der Waals surface area contributed by atoms with Crippen LogP contribution in [0.3, 0.4) is 0 Å². The van der Waals surface area contributed by atoms with Crippen LogP contribution in [-0.2, 0) is 0 Å². The van der Waals surface area contributed by atoms with E-state index < -0.39 is 0 Å². The van der Waals surface area contributed by atoms with Crippen molar-refractivity contribution in [2.24, 2.45) is 10.7 Å². The fraction of sp³-hybridized carbons (Fsp3) is 0.0222. The number of benzene rings is 7. The van der Waals surface area contributed by atoms with E-state index in [1.54, 1.807) is 0 Å². The number of aliphatic imine (C=N–C) groups is 1. The summed E-state index contributed by atoms with van der Waals surface area (Å²) in [6.45, 7) is 0. The van der Waals surface area contributed by atoms with Gasteiger partial charge in [-0.05, 0) is 45.7 Å². The Morgan fingerprint density at radius 2 is 1.16 bits per heavy atom. The molecule has 49 heavy (non-hydrogen) atoms. The molecule has 1 aromatic heterocycles. The number of hydrogen-bond donors (Lipinski definition) is 2. The number of para-hydroxylation sites is 2. The number of amidine groups is 1. The van der Waals surface area contributed by atoms with E-state index in [1.807, 2.05) is 36.4 Å². The van der Waals surface area contributed by atoms with Crippen LogP contribution in [0.4, 0.5) is 5.69 Å². The lowest BCUT2D eigenvalue weighted by molar-refractivity contribution is 0.907. The van der Waals surface area contributed by atoms with Gasteiger partial charge in [0.1, 0.15) is 5.84 Å². The molecule has 8 aromatic rings. The first kappa shape index (κ1) is 28.8. The third kappa shape index (κ3) is 5.25. The first-order valence-corrected chi connectivity index (χ1v) is 16.6. The Labute approximate surface area is 284 Å². The lowest BCUT2D eigenvalue weighted by Crippen LogP contribution is -2.27. The van der Waals surface area contributed by atoms with Gasteiger partial charge in [-0.25, -0.2) is 9.98 Å². The number of rotatable bonds is 5. The molecule has 0 spiro atoms. The SMILES string of the molecule is NC(/C=C1\NC(c2ccc(-c3ccc(-c4nc5ccccc5c5c4ccc4ccccc45)cc3)cc2)=Nc2ccccc21)c1ccccc1. The van der Waals surface area contributed by atoms with Gasteiger partial charge in [-0.15, -0.1) is 0 Å². The van der Waals surface area contributed by atoms with Crippen LogP contribution < -0.4 is 11.1 Å². The summed E-state index contributed by atoms with van der Waals surface area (Å²) < 4.78 is 0. The second-order valence-corrected chi connectivity index (χ2v) is 12.5. The topological polar surface area (TPSA) is 63.3 Å². The lowest BCUT2D eigenvalue weighted by atomic mass is 9.94. The molecule has 2 heterocycles. The van der Waals surface area contributed by atoms with E-state index in [4.69, 9.17) is 15.7 Å². The molecule has 7 aromatic carbocycles. The Balaban J connectivity index is 1.04. The van der Waals surface area contributed by atoms with Gasteiger partial charge >= 0.3 is 0 Å². The van der Waals surface area contributed by atoms with Crippen molar-refractivity contribution in [2.45, 2.75) is 6.04 Å². The molecular formula is C45H32N4. The minimum absolute atomic E-state index is 0.247. The van der Waals surface area contributed by atoms with E-state index in [9.17, 15) is 0 Å². The van der Waals surface area contributed by atoms with Crippen molar-refractivity contribution in [1.29, 1.82) is 0 Å². The summed E-state index contributed by atoms with van der Waals surface area (Å²) in [5.41, 5.74) is 17.0. The molecule has 0 fully saturated rings. The van der Waals surface area contributed by atoms with Gasteiger partial charge in [0.2, 0.25) is 0 Å². The standard InChI is InChI=1S/C45H32N4/c46-39(32-11-2-1-3-12-32)28-42-36-14-6-8-16-40(36)48-45(49-42)34-24-20-30(21-25-34)29-18-22-33(23-19-29)44-38-27-26-31-10-4-5-13-35(31)43(38)37-15-7-9-17-41(37)47-44/h1-28,39H,46H2,(H,48,49)/b42-28-. The van der Waals surface area contributed by atoms with Crippen LogP contribution in [0, 0.1) is 0 Å². The highest BCUT2D eigenvalue weighted by atomic mass is 15.0. The number of nitrogens with zero attached hydrogens (tertiary/aromatic N) is 2. The van der Waals surface area contributed by atoms with Gasteiger partial charge in [0.15, 0.2) is 0 Å². The van der Waals surface area contributed by atoms with Crippen molar-refractivity contribution in [3.8, 4) is 22.4 Å². The summed E-state index contributed by atoms with van der Waals surface area (Å²) in [6.07, 6.45) is 2.08. The van der Waals surface area contributed by atoms with Crippen molar-refractivity contribution in [3.63, 3.8) is 0 Å². The highest BCUT2D eigenvalue weighted by Crippen LogP contribution is 2.38. The number of hydrogen-bond acceptors (Lipinski definition) is 4. The number of nitrogens with one attached hydrogen (secondary N) is 1. The monoisotopic (exact) mass is 628 g/mol. The van der Waals surface area contributed by atoms with Gasteiger partial charge in [-0.2, -0.15) is 0 Å². The second kappa shape index (κ2) is 12.0. The normalized spacial score (nSPS) is 14.1. The Hall–Kier alpha value is -6.36. The van der Waals surface area contributed by atoms with Crippen LogP contribution in [0.5, 0.6) is 0 Å². The molecule has 1 unspecified atom stereocenters. The average molecular weight is 629 g/mol. The van der Waals surface area contributed by atoms with E-state index >= 15 is 0 Å². The summed E-state index contributed by atoms with van der Waals surface area (Å²) in [6, 6.07) is 56.9. The summed E-state index contributed by atoms with van der Waals surface area (Å²) in [4.78, 5) is 10.1. The predicted octanol–water partition coefficient (Wildman–Crippen LogP) is 10.6. The summed E-state index contributed by atoms with van der Waals surface area (Å²) in [5, 5.41) is 9.65. The molecule has 3 N–H and O–H groups in total. The molecule has 0 bridgehead atoms. The van der Waals surface area contributed by atoms with Crippen LogP contribution in [0.2, 0.25) is 0 Å². The van der Waals surface area contributed by atoms with Gasteiger partial charge in [0.25, 0.3) is 0 Å². The third-order valence-corrected chi connectivity index (χ3v) is 9.45. The molecule has 0 saturated carbocycles. The quantitative estimate of drug-likeness (QED) is 0.186. The van der Waals surface area contributed by atoms with Crippen molar-refractivity contribution in [1.82, 2.24) is 10.3 Å². The summed E-state index contributed by atoms with van der Waals surface area (Å²) >= 11 is 0. The van der Waals surface area contributed by atoms with E-state index in [1.165, 1.54) is 21.5 Å². The number of fused-ring (bicyclic) bond motifs is 6. The first-order valence-electron chi connectivity index (χ1n) is 16.6. The molecule has 1 aliphatic rings. The molecule has 0 radical (unpaired) electrons. The number of aromatic nitrogens is 1. The molecule has 0 amide bonds. The fourth-order valence-electron chi connectivity index (χ4n) is 6.94. The molecule has 4 nitrogen and oxygen atoms in total. The molecule has 232 valence electrons. The van der Waals surface area contributed by atoms with Gasteiger partial charge < -0.3 is 11.1 Å². The van der Waals surface area contributed by atoms with Gasteiger partial charge in [0, 0.05) is 38.5 Å². The molecule has 1 atom stereocenters. The first-order chi connectivity index (χ1) is 24.2. The van der Waals surface area contributed by atoms with E-state index in [2.05, 4.69) is 139 Å². The van der Waals surface area contributed by atoms with Crippen LogP contribution in [0.25, 0.3) is 60.5 Å². The highest BCUT2D eigenvalue weighted by molar-refractivity contribution is 6.22. The summed E-state index contributed by atoms with van der Waals surface area (Å²) in [7, 11) is 0. The van der Waals surface area contributed by atoms with E-state index in [-0.39, 0.29) is 6.04 Å². The second-order valence-electron chi connectivity index (χ2n) is 12.5. The zero-order valence-electron chi connectivity index (χ0n) is 26.7. The van der Waals surface area contributed by atoms with Crippen LogP contribution in [-0.4, -0.2) is 10.8 Å². The Morgan fingerprint density at radius 1 is 0.531 bits per heavy atom. The molecule has 9 rings (SSSR count). The zero-order chi connectivity index (χ0) is 32.7. The fourth-order valence-corrected chi connectivity index (χ4v) is 6.94. The predicted molar refractivity (Wildman–Crippen MR) is 205 cm³/mol. The molecule has 0 aliphatic carbocycles.